The molecule has 5 heteroatoms. The predicted octanol–water partition coefficient (Wildman–Crippen LogP) is 4.65. The molecule has 0 heterocycles. The van der Waals surface area contributed by atoms with Crippen LogP contribution in [0.2, 0.25) is 5.02 Å². The second-order valence-electron chi connectivity index (χ2n) is 4.89. The van der Waals surface area contributed by atoms with Crippen LogP contribution in [0.4, 0.5) is 0 Å². The largest absolute Gasteiger partial charge is 0.497 e. The quantitative estimate of drug-likeness (QED) is 0.540. The molecule has 0 aliphatic carbocycles. The van der Waals surface area contributed by atoms with Crippen LogP contribution in [0.15, 0.2) is 42.5 Å². The van der Waals surface area contributed by atoms with Crippen LogP contribution in [0.1, 0.15) is 22.8 Å². The van der Waals surface area contributed by atoms with Crippen LogP contribution >= 0.6 is 11.6 Å². The van der Waals surface area contributed by atoms with Gasteiger partial charge >= 0.3 is 0 Å². The summed E-state index contributed by atoms with van der Waals surface area (Å²) >= 11 is 6.20. The van der Waals surface area contributed by atoms with E-state index in [1.807, 2.05) is 6.92 Å². The van der Waals surface area contributed by atoms with Crippen LogP contribution in [-0.4, -0.2) is 26.6 Å². The zero-order chi connectivity index (χ0) is 17.5. The SMILES string of the molecule is CCOc1cc(/C=C/C(=O)c2ccc(OC)cc2)cc(Cl)c1OC. The van der Waals surface area contributed by atoms with Crippen molar-refractivity contribution in [2.75, 3.05) is 20.8 Å². The van der Waals surface area contributed by atoms with Gasteiger partial charge in [-0.1, -0.05) is 17.7 Å². The molecule has 2 rings (SSSR count). The van der Waals surface area contributed by atoms with Crippen molar-refractivity contribution in [3.63, 3.8) is 0 Å². The third-order valence-electron chi connectivity index (χ3n) is 3.34. The van der Waals surface area contributed by atoms with Crippen LogP contribution in [-0.2, 0) is 0 Å². The molecule has 2 aromatic carbocycles. The van der Waals surface area contributed by atoms with Gasteiger partial charge in [0.15, 0.2) is 17.3 Å². The Morgan fingerprint density at radius 3 is 2.42 bits per heavy atom. The number of carbonyl (C=O) groups excluding carboxylic acids is 1. The van der Waals surface area contributed by atoms with Crippen molar-refractivity contribution >= 4 is 23.5 Å². The Kier molecular flexibility index (Phi) is 6.27. The monoisotopic (exact) mass is 346 g/mol. The van der Waals surface area contributed by atoms with E-state index in [2.05, 4.69) is 0 Å². The molecule has 0 amide bonds. The fourth-order valence-electron chi connectivity index (χ4n) is 2.17. The highest BCUT2D eigenvalue weighted by Gasteiger charge is 2.10. The maximum Gasteiger partial charge on any atom is 0.185 e. The molecule has 0 aromatic heterocycles. The minimum absolute atomic E-state index is 0.109. The Labute approximate surface area is 146 Å². The third-order valence-corrected chi connectivity index (χ3v) is 3.62. The van der Waals surface area contributed by atoms with E-state index in [9.17, 15) is 4.79 Å². The van der Waals surface area contributed by atoms with Gasteiger partial charge in [-0.3, -0.25) is 4.79 Å². The van der Waals surface area contributed by atoms with Gasteiger partial charge in [-0.25, -0.2) is 0 Å². The highest BCUT2D eigenvalue weighted by molar-refractivity contribution is 6.32. The van der Waals surface area contributed by atoms with E-state index in [0.717, 1.165) is 5.56 Å². The van der Waals surface area contributed by atoms with Crippen LogP contribution < -0.4 is 14.2 Å². The van der Waals surface area contributed by atoms with Gasteiger partial charge in [0.25, 0.3) is 0 Å². The van der Waals surface area contributed by atoms with Crippen LogP contribution in [0.3, 0.4) is 0 Å². The Morgan fingerprint density at radius 1 is 1.12 bits per heavy atom. The fraction of sp³-hybridized carbons (Fsp3) is 0.211. The van der Waals surface area contributed by atoms with Crippen LogP contribution in [0, 0.1) is 0 Å². The minimum atomic E-state index is -0.109. The van der Waals surface area contributed by atoms with E-state index in [4.69, 9.17) is 25.8 Å². The molecule has 0 saturated heterocycles. The molecule has 2 aromatic rings. The first-order chi connectivity index (χ1) is 11.6. The third kappa shape index (κ3) is 4.30. The zero-order valence-corrected chi connectivity index (χ0v) is 14.6. The predicted molar refractivity (Wildman–Crippen MR) is 95.5 cm³/mol. The number of allylic oxidation sites excluding steroid dienone is 1. The molecular formula is C19H19ClO4. The first-order valence-electron chi connectivity index (χ1n) is 7.45. The summed E-state index contributed by atoms with van der Waals surface area (Å²) < 4.78 is 15.8. The van der Waals surface area contributed by atoms with Crippen LogP contribution in [0.25, 0.3) is 6.08 Å². The first-order valence-corrected chi connectivity index (χ1v) is 7.83. The van der Waals surface area contributed by atoms with E-state index in [-0.39, 0.29) is 5.78 Å². The lowest BCUT2D eigenvalue weighted by molar-refractivity contribution is 0.104. The number of hydrogen-bond donors (Lipinski definition) is 0. The number of halogens is 1. The van der Waals surface area contributed by atoms with E-state index in [0.29, 0.717) is 34.4 Å². The molecule has 0 fully saturated rings. The Morgan fingerprint density at radius 2 is 1.83 bits per heavy atom. The minimum Gasteiger partial charge on any atom is -0.497 e. The number of hydrogen-bond acceptors (Lipinski definition) is 4. The molecule has 126 valence electrons. The number of ketones is 1. The van der Waals surface area contributed by atoms with Gasteiger partial charge in [-0.15, -0.1) is 0 Å². The lowest BCUT2D eigenvalue weighted by atomic mass is 10.1. The zero-order valence-electron chi connectivity index (χ0n) is 13.8. The van der Waals surface area contributed by atoms with Gasteiger partial charge in [0.2, 0.25) is 0 Å². The summed E-state index contributed by atoms with van der Waals surface area (Å²) in [4.78, 5) is 12.2. The molecule has 24 heavy (non-hydrogen) atoms. The highest BCUT2D eigenvalue weighted by atomic mass is 35.5. The summed E-state index contributed by atoms with van der Waals surface area (Å²) in [6.45, 7) is 2.37. The molecule has 0 spiro atoms. The normalized spacial score (nSPS) is 10.7. The van der Waals surface area contributed by atoms with Crippen molar-refractivity contribution in [1.29, 1.82) is 0 Å². The number of ether oxygens (including phenoxy) is 3. The van der Waals surface area contributed by atoms with Gasteiger partial charge in [-0.05, 0) is 55.0 Å². The lowest BCUT2D eigenvalue weighted by Gasteiger charge is -2.11. The second-order valence-corrected chi connectivity index (χ2v) is 5.30. The van der Waals surface area contributed by atoms with Crippen molar-refractivity contribution in [2.24, 2.45) is 0 Å². The van der Waals surface area contributed by atoms with Crippen molar-refractivity contribution < 1.29 is 19.0 Å². The fourth-order valence-corrected chi connectivity index (χ4v) is 2.46. The van der Waals surface area contributed by atoms with Crippen molar-refractivity contribution in [3.8, 4) is 17.2 Å². The van der Waals surface area contributed by atoms with Crippen LogP contribution in [0.5, 0.6) is 17.2 Å². The maximum atomic E-state index is 12.2. The molecule has 0 radical (unpaired) electrons. The summed E-state index contributed by atoms with van der Waals surface area (Å²) in [6, 6.07) is 10.4. The molecule has 0 atom stereocenters. The Hall–Kier alpha value is -2.46. The van der Waals surface area contributed by atoms with E-state index >= 15 is 0 Å². The highest BCUT2D eigenvalue weighted by Crippen LogP contribution is 2.36. The van der Waals surface area contributed by atoms with Crippen molar-refractivity contribution in [1.82, 2.24) is 0 Å². The molecule has 0 bridgehead atoms. The topological polar surface area (TPSA) is 44.8 Å². The Balaban J connectivity index is 2.22. The smallest absolute Gasteiger partial charge is 0.185 e. The molecule has 0 aliphatic rings. The number of benzene rings is 2. The second kappa shape index (κ2) is 8.41. The van der Waals surface area contributed by atoms with E-state index in [1.165, 1.54) is 13.2 Å². The van der Waals surface area contributed by atoms with Gasteiger partial charge in [0, 0.05) is 5.56 Å². The first kappa shape index (κ1) is 17.9. The van der Waals surface area contributed by atoms with E-state index < -0.39 is 0 Å². The van der Waals surface area contributed by atoms with Crippen molar-refractivity contribution in [2.45, 2.75) is 6.92 Å². The number of methoxy groups -OCH3 is 2. The summed E-state index contributed by atoms with van der Waals surface area (Å²) in [5, 5.41) is 0.431. The molecule has 0 unspecified atom stereocenters. The number of rotatable bonds is 7. The molecule has 0 saturated carbocycles. The molecular weight excluding hydrogens is 328 g/mol. The molecule has 4 nitrogen and oxygen atoms in total. The number of carbonyl (C=O) groups is 1. The molecule has 0 aliphatic heterocycles. The summed E-state index contributed by atoms with van der Waals surface area (Å²) in [6.07, 6.45) is 3.19. The average molecular weight is 347 g/mol. The van der Waals surface area contributed by atoms with Gasteiger partial charge in [0.1, 0.15) is 5.75 Å². The van der Waals surface area contributed by atoms with Gasteiger partial charge in [-0.2, -0.15) is 0 Å². The maximum absolute atomic E-state index is 12.2. The summed E-state index contributed by atoms with van der Waals surface area (Å²) in [5.74, 6) is 1.63. The van der Waals surface area contributed by atoms with Gasteiger partial charge in [0.05, 0.1) is 25.8 Å². The lowest BCUT2D eigenvalue weighted by Crippen LogP contribution is -1.97. The van der Waals surface area contributed by atoms with Crippen molar-refractivity contribution in [3.05, 3.63) is 58.6 Å². The van der Waals surface area contributed by atoms with Gasteiger partial charge < -0.3 is 14.2 Å². The summed E-state index contributed by atoms with van der Waals surface area (Å²) in [5.41, 5.74) is 1.34. The average Bonchev–Trinajstić information content (AvgIpc) is 2.60. The standard InChI is InChI=1S/C19H19ClO4/c1-4-24-18-12-13(11-16(20)19(18)23-3)5-10-17(21)14-6-8-15(22-2)9-7-14/h5-12H,4H2,1-3H3/b10-5+. The summed E-state index contributed by atoms with van der Waals surface area (Å²) in [7, 11) is 3.12. The van der Waals surface area contributed by atoms with E-state index in [1.54, 1.807) is 49.6 Å². The molecule has 0 N–H and O–H groups in total. The Bertz CT molecular complexity index is 736.